The molecule has 0 bridgehead atoms. The first kappa shape index (κ1) is 62.7. The SMILES string of the molecule is CC1(C)c2ccccc2-c2ccc(-c3ccc4cc(-c5ccc6ccc(-c7cc8ccccc8c8ccccc78)cc6c5)ccc4c3)cc21.CC1(C)c2ccccc2-c2ccc(-c3ccc4cc(Br)ccc4c3)cc21.OB(O)c1ccc2ccc(-c3cc4ccccc4c4ccccc34)cc2c1. The van der Waals surface area contributed by atoms with Crippen molar-refractivity contribution in [3.63, 3.8) is 0 Å². The van der Waals surface area contributed by atoms with Crippen LogP contribution in [0.25, 0.3) is 164 Å². The molecule has 0 aliphatic heterocycles. The molecule has 4 heteroatoms. The van der Waals surface area contributed by atoms with Crippen LogP contribution in [-0.2, 0) is 10.8 Å². The third kappa shape index (κ3) is 11.0. The molecule has 102 heavy (non-hydrogen) atoms. The van der Waals surface area contributed by atoms with E-state index in [1.807, 2.05) is 12.1 Å². The Bertz CT molecular complexity index is 6460. The van der Waals surface area contributed by atoms with E-state index in [9.17, 15) is 10.0 Å². The maximum absolute atomic E-state index is 9.48. The van der Waals surface area contributed by atoms with Crippen molar-refractivity contribution in [1.82, 2.24) is 0 Å². The molecular weight excluding hydrogens is 1300 g/mol. The molecule has 0 saturated heterocycles. The highest BCUT2D eigenvalue weighted by atomic mass is 79.9. The minimum atomic E-state index is -1.46. The average molecular weight is 1370 g/mol. The first-order valence-electron chi connectivity index (χ1n) is 35.2. The minimum Gasteiger partial charge on any atom is -0.423 e. The van der Waals surface area contributed by atoms with Crippen LogP contribution in [-0.4, -0.2) is 17.2 Å². The van der Waals surface area contributed by atoms with Crippen LogP contribution < -0.4 is 5.46 Å². The third-order valence-electron chi connectivity index (χ3n) is 22.0. The zero-order chi connectivity index (χ0) is 69.0. The van der Waals surface area contributed by atoms with Crippen LogP contribution in [0.5, 0.6) is 0 Å². The summed E-state index contributed by atoms with van der Waals surface area (Å²) in [4.78, 5) is 0. The van der Waals surface area contributed by atoms with E-state index >= 15 is 0 Å². The van der Waals surface area contributed by atoms with Crippen molar-refractivity contribution in [2.45, 2.75) is 38.5 Å². The van der Waals surface area contributed by atoms with Gasteiger partial charge in [-0.2, -0.15) is 0 Å². The Kier molecular flexibility index (Phi) is 15.4. The van der Waals surface area contributed by atoms with E-state index in [1.54, 1.807) is 6.07 Å². The molecule has 0 unspecified atom stereocenters. The Hall–Kier alpha value is -11.5. The van der Waals surface area contributed by atoms with Gasteiger partial charge in [0.15, 0.2) is 0 Å². The summed E-state index contributed by atoms with van der Waals surface area (Å²) in [6.45, 7) is 9.36. The fourth-order valence-corrected chi connectivity index (χ4v) is 16.9. The lowest BCUT2D eigenvalue weighted by Crippen LogP contribution is -2.29. The number of benzene rings is 18. The number of halogens is 1. The number of rotatable bonds is 6. The van der Waals surface area contributed by atoms with E-state index in [0.29, 0.717) is 5.46 Å². The van der Waals surface area contributed by atoms with Crippen LogP contribution in [0.4, 0.5) is 0 Å². The van der Waals surface area contributed by atoms with Crippen LogP contribution in [0.15, 0.2) is 344 Å². The van der Waals surface area contributed by atoms with Crippen molar-refractivity contribution in [2.75, 3.05) is 0 Å². The van der Waals surface area contributed by atoms with Gasteiger partial charge < -0.3 is 10.0 Å². The molecule has 2 aliphatic carbocycles. The quantitative estimate of drug-likeness (QED) is 0.129. The van der Waals surface area contributed by atoms with Crippen molar-refractivity contribution < 1.29 is 10.0 Å². The molecule has 2 N–H and O–H groups in total. The van der Waals surface area contributed by atoms with Crippen LogP contribution >= 0.6 is 15.9 Å². The zero-order valence-corrected chi connectivity index (χ0v) is 58.8. The van der Waals surface area contributed by atoms with E-state index in [0.717, 1.165) is 20.8 Å². The molecule has 0 atom stereocenters. The van der Waals surface area contributed by atoms with Gasteiger partial charge in [0.1, 0.15) is 0 Å². The third-order valence-corrected chi connectivity index (χ3v) is 22.5. The van der Waals surface area contributed by atoms with Crippen molar-refractivity contribution in [1.29, 1.82) is 0 Å². The molecule has 2 aliphatic rings. The first-order valence-corrected chi connectivity index (χ1v) is 36.0. The van der Waals surface area contributed by atoms with Crippen LogP contribution in [0.3, 0.4) is 0 Å². The number of fused-ring (bicyclic) bond motifs is 16. The van der Waals surface area contributed by atoms with Crippen molar-refractivity contribution in [3.05, 3.63) is 366 Å². The van der Waals surface area contributed by atoms with Gasteiger partial charge in [-0.3, -0.25) is 0 Å². The molecule has 0 amide bonds. The fourth-order valence-electron chi connectivity index (χ4n) is 16.5. The van der Waals surface area contributed by atoms with Gasteiger partial charge in [0, 0.05) is 15.3 Å². The monoisotopic (exact) mass is 1370 g/mol. The standard InChI is InChI=1S/C49H34.C25H19Br.C24H17BO2/c1-49(2)47-14-8-7-13-44(47)45-24-23-37(30-48(45)49)35-21-20-32-25-34(19-18-33(32)26-35)36-17-15-31-16-22-39(28-40(31)27-36)46-29-38-9-3-4-10-41(38)42-11-5-6-12-43(42)46;1-25(2)23-6-4-3-5-21(23)22-12-10-19(15-24(22)25)16-7-8-18-14-20(26)11-9-17(18)13-16;26-25(27)20-12-11-16-9-10-18(13-19(16)14-20)24-15-17-5-1-2-6-21(17)22-7-3-4-8-23(22)24/h3-30H,1-2H3;3-15H,1-2H3;1-15,26-27H. The largest absolute Gasteiger partial charge is 0.488 e. The molecule has 0 saturated carbocycles. The van der Waals surface area contributed by atoms with Gasteiger partial charge in [-0.05, 0) is 265 Å². The Labute approximate surface area is 603 Å². The van der Waals surface area contributed by atoms with Crippen LogP contribution in [0.2, 0.25) is 0 Å². The predicted octanol–water partition coefficient (Wildman–Crippen LogP) is 25.7. The van der Waals surface area contributed by atoms with E-state index in [-0.39, 0.29) is 10.8 Å². The highest BCUT2D eigenvalue weighted by Gasteiger charge is 2.36. The van der Waals surface area contributed by atoms with Gasteiger partial charge in [0.25, 0.3) is 0 Å². The summed E-state index contributed by atoms with van der Waals surface area (Å²) in [5.74, 6) is 0. The highest BCUT2D eigenvalue weighted by Crippen LogP contribution is 2.52. The van der Waals surface area contributed by atoms with E-state index < -0.39 is 7.12 Å². The summed E-state index contributed by atoms with van der Waals surface area (Å²) in [5, 5.41) is 38.7. The Balaban J connectivity index is 0.000000119. The molecule has 18 aromatic carbocycles. The molecular formula is C98H70BBrO2. The number of hydrogen-bond acceptors (Lipinski definition) is 2. The van der Waals surface area contributed by atoms with Crippen LogP contribution in [0.1, 0.15) is 49.9 Å². The lowest BCUT2D eigenvalue weighted by Gasteiger charge is -2.22. The second-order valence-corrected chi connectivity index (χ2v) is 29.6. The molecule has 0 heterocycles. The second kappa shape index (κ2) is 25.0. The van der Waals surface area contributed by atoms with Crippen molar-refractivity contribution >= 4 is 115 Å². The summed E-state index contributed by atoms with van der Waals surface area (Å²) < 4.78 is 1.12. The van der Waals surface area contributed by atoms with Gasteiger partial charge in [-0.1, -0.05) is 311 Å². The minimum absolute atomic E-state index is 0.00241. The fraction of sp³-hybridized carbons (Fsp3) is 0.0612. The highest BCUT2D eigenvalue weighted by molar-refractivity contribution is 9.10. The van der Waals surface area contributed by atoms with Crippen molar-refractivity contribution in [2.24, 2.45) is 0 Å². The average Bonchev–Trinajstić information content (AvgIpc) is 1.71. The predicted molar refractivity (Wildman–Crippen MR) is 439 cm³/mol. The molecule has 20 rings (SSSR count). The first-order chi connectivity index (χ1) is 49.7. The second-order valence-electron chi connectivity index (χ2n) is 28.7. The Morgan fingerprint density at radius 3 is 0.990 bits per heavy atom. The van der Waals surface area contributed by atoms with E-state index in [4.69, 9.17) is 0 Å². The molecule has 0 fully saturated rings. The van der Waals surface area contributed by atoms with Crippen molar-refractivity contribution in [3.8, 4) is 77.9 Å². The molecule has 0 spiro atoms. The topological polar surface area (TPSA) is 40.5 Å². The number of hydrogen-bond donors (Lipinski definition) is 2. The normalized spacial score (nSPS) is 13.0. The Morgan fingerprint density at radius 2 is 0.529 bits per heavy atom. The maximum Gasteiger partial charge on any atom is 0.488 e. The van der Waals surface area contributed by atoms with E-state index in [2.05, 4.69) is 365 Å². The molecule has 0 aromatic heterocycles. The Morgan fingerprint density at radius 1 is 0.216 bits per heavy atom. The van der Waals surface area contributed by atoms with Crippen LogP contribution in [0, 0.1) is 0 Å². The summed E-state index contributed by atoms with van der Waals surface area (Å²) in [7, 11) is -1.46. The van der Waals surface area contributed by atoms with Gasteiger partial charge in [0.2, 0.25) is 0 Å². The lowest BCUT2D eigenvalue weighted by molar-refractivity contribution is 0.426. The van der Waals surface area contributed by atoms with Gasteiger partial charge in [0.05, 0.1) is 0 Å². The maximum atomic E-state index is 9.48. The lowest BCUT2D eigenvalue weighted by atomic mass is 9.79. The van der Waals surface area contributed by atoms with Gasteiger partial charge in [-0.15, -0.1) is 0 Å². The summed E-state index contributed by atoms with van der Waals surface area (Å²) in [5.41, 5.74) is 24.1. The van der Waals surface area contributed by atoms with Gasteiger partial charge >= 0.3 is 7.12 Å². The summed E-state index contributed by atoms with van der Waals surface area (Å²) in [6.07, 6.45) is 0. The molecule has 0 radical (unpaired) electrons. The summed E-state index contributed by atoms with van der Waals surface area (Å²) in [6, 6.07) is 123. The smallest absolute Gasteiger partial charge is 0.423 e. The molecule has 484 valence electrons. The zero-order valence-electron chi connectivity index (χ0n) is 57.2. The van der Waals surface area contributed by atoms with E-state index in [1.165, 1.54) is 170 Å². The van der Waals surface area contributed by atoms with Gasteiger partial charge in [-0.25, -0.2) is 0 Å². The summed E-state index contributed by atoms with van der Waals surface area (Å²) >= 11 is 3.56. The molecule has 18 aromatic rings. The molecule has 2 nitrogen and oxygen atoms in total.